The van der Waals surface area contributed by atoms with Crippen molar-refractivity contribution in [3.8, 4) is 11.3 Å². The summed E-state index contributed by atoms with van der Waals surface area (Å²) in [7, 11) is 0. The minimum atomic E-state index is -0.987. The van der Waals surface area contributed by atoms with Crippen molar-refractivity contribution in [1.29, 1.82) is 0 Å². The van der Waals surface area contributed by atoms with E-state index < -0.39 is 12.0 Å². The number of nitrogens with one attached hydrogen (secondary N) is 1. The van der Waals surface area contributed by atoms with E-state index in [-0.39, 0.29) is 12.2 Å². The molecule has 0 saturated heterocycles. The normalized spacial score (nSPS) is 11.7. The molecule has 1 heterocycles. The van der Waals surface area contributed by atoms with E-state index in [1.165, 1.54) is 12.3 Å². The molecule has 5 nitrogen and oxygen atoms in total. The minimum absolute atomic E-state index is 0.289. The number of carboxylic acid groups (broad SMARTS) is 1. The third-order valence-corrected chi connectivity index (χ3v) is 5.10. The van der Waals surface area contributed by atoms with Crippen molar-refractivity contribution < 1.29 is 14.3 Å². The number of nitrogens with zero attached hydrogens (tertiary/aromatic N) is 2. The summed E-state index contributed by atoms with van der Waals surface area (Å²) in [5.74, 6) is -1.00. The summed E-state index contributed by atoms with van der Waals surface area (Å²) in [6.45, 7) is 0. The lowest BCUT2D eigenvalue weighted by Gasteiger charge is -2.18. The summed E-state index contributed by atoms with van der Waals surface area (Å²) in [4.78, 5) is 21.1. The predicted octanol–water partition coefficient (Wildman–Crippen LogP) is 4.98. The fourth-order valence-electron chi connectivity index (χ4n) is 3.47. The Hall–Kier alpha value is -4.06. The second-order valence-electron chi connectivity index (χ2n) is 7.42. The number of aromatic nitrogens is 2. The lowest BCUT2D eigenvalue weighted by molar-refractivity contribution is -0.137. The third-order valence-electron chi connectivity index (χ3n) is 5.10. The average Bonchev–Trinajstić information content (AvgIpc) is 2.81. The Kier molecular flexibility index (Phi) is 6.51. The monoisotopic (exact) mass is 427 g/mol. The second-order valence-corrected chi connectivity index (χ2v) is 7.42. The van der Waals surface area contributed by atoms with Crippen LogP contribution in [0.2, 0.25) is 0 Å². The largest absolute Gasteiger partial charge is 0.480 e. The van der Waals surface area contributed by atoms with Crippen molar-refractivity contribution in [2.45, 2.75) is 18.9 Å². The molecule has 4 aromatic rings. The number of halogens is 1. The van der Waals surface area contributed by atoms with Gasteiger partial charge in [-0.05, 0) is 23.3 Å². The number of hydrogen-bond donors (Lipinski definition) is 2. The minimum Gasteiger partial charge on any atom is -0.480 e. The smallest absolute Gasteiger partial charge is 0.326 e. The van der Waals surface area contributed by atoms with Gasteiger partial charge < -0.3 is 10.4 Å². The van der Waals surface area contributed by atoms with Crippen LogP contribution in [0.25, 0.3) is 11.3 Å². The van der Waals surface area contributed by atoms with Gasteiger partial charge in [0.2, 0.25) is 0 Å². The van der Waals surface area contributed by atoms with Crippen LogP contribution in [0.4, 0.5) is 10.2 Å². The van der Waals surface area contributed by atoms with Crippen LogP contribution >= 0.6 is 0 Å². The van der Waals surface area contributed by atoms with Crippen LogP contribution in [0.3, 0.4) is 0 Å². The molecule has 0 bridgehead atoms. The summed E-state index contributed by atoms with van der Waals surface area (Å²) >= 11 is 0. The maximum Gasteiger partial charge on any atom is 0.326 e. The highest BCUT2D eigenvalue weighted by Crippen LogP contribution is 2.24. The predicted molar refractivity (Wildman–Crippen MR) is 122 cm³/mol. The Morgan fingerprint density at radius 2 is 1.53 bits per heavy atom. The van der Waals surface area contributed by atoms with Gasteiger partial charge in [-0.3, -0.25) is 0 Å². The Morgan fingerprint density at radius 1 is 0.906 bits per heavy atom. The van der Waals surface area contributed by atoms with Crippen LogP contribution in [0.15, 0.2) is 91.1 Å². The van der Waals surface area contributed by atoms with Crippen molar-refractivity contribution in [3.05, 3.63) is 114 Å². The number of rotatable bonds is 8. The number of carboxylic acids is 1. The molecule has 0 aliphatic carbocycles. The molecule has 0 saturated carbocycles. The Morgan fingerprint density at radius 3 is 2.19 bits per heavy atom. The summed E-state index contributed by atoms with van der Waals surface area (Å²) in [5.41, 5.74) is 3.18. The highest BCUT2D eigenvalue weighted by Gasteiger charge is 2.21. The number of carbonyl (C=O) groups is 1. The van der Waals surface area contributed by atoms with E-state index in [9.17, 15) is 14.3 Å². The highest BCUT2D eigenvalue weighted by atomic mass is 19.1. The molecule has 2 N–H and O–H groups in total. The molecule has 3 aromatic carbocycles. The zero-order chi connectivity index (χ0) is 22.3. The molecule has 160 valence electrons. The Balaban J connectivity index is 1.69. The fraction of sp³-hybridized carbons (Fsp3) is 0.115. The first-order valence-corrected chi connectivity index (χ1v) is 10.3. The number of benzene rings is 3. The van der Waals surface area contributed by atoms with Gasteiger partial charge in [-0.1, -0.05) is 72.8 Å². The van der Waals surface area contributed by atoms with E-state index in [0.29, 0.717) is 29.2 Å². The molecule has 0 fully saturated rings. The van der Waals surface area contributed by atoms with Crippen LogP contribution < -0.4 is 5.32 Å². The molecule has 0 aliphatic heterocycles. The number of hydrogen-bond acceptors (Lipinski definition) is 4. The molecule has 0 amide bonds. The number of aliphatic carboxylic acids is 1. The van der Waals surface area contributed by atoms with Crippen LogP contribution in [-0.4, -0.2) is 27.1 Å². The highest BCUT2D eigenvalue weighted by molar-refractivity contribution is 5.77. The third kappa shape index (κ3) is 5.16. The van der Waals surface area contributed by atoms with E-state index in [1.54, 1.807) is 18.2 Å². The van der Waals surface area contributed by atoms with Crippen LogP contribution in [0, 0.1) is 5.82 Å². The van der Waals surface area contributed by atoms with E-state index in [4.69, 9.17) is 0 Å². The molecule has 1 atom stereocenters. The van der Waals surface area contributed by atoms with E-state index >= 15 is 0 Å². The van der Waals surface area contributed by atoms with E-state index in [0.717, 1.165) is 11.1 Å². The van der Waals surface area contributed by atoms with Crippen molar-refractivity contribution >= 4 is 11.8 Å². The van der Waals surface area contributed by atoms with Crippen LogP contribution in [0.5, 0.6) is 0 Å². The molecule has 0 radical (unpaired) electrons. The van der Waals surface area contributed by atoms with Crippen molar-refractivity contribution in [2.75, 3.05) is 5.32 Å². The fourth-order valence-corrected chi connectivity index (χ4v) is 3.47. The first-order valence-electron chi connectivity index (χ1n) is 10.3. The van der Waals surface area contributed by atoms with Gasteiger partial charge in [0.1, 0.15) is 17.7 Å². The van der Waals surface area contributed by atoms with Gasteiger partial charge in [-0.2, -0.15) is 0 Å². The van der Waals surface area contributed by atoms with Crippen molar-refractivity contribution in [2.24, 2.45) is 0 Å². The van der Waals surface area contributed by atoms with Gasteiger partial charge in [-0.15, -0.1) is 0 Å². The Bertz CT molecular complexity index is 1200. The second kappa shape index (κ2) is 9.83. The van der Waals surface area contributed by atoms with Gasteiger partial charge in [0, 0.05) is 18.4 Å². The lowest BCUT2D eigenvalue weighted by atomic mass is 10.1. The zero-order valence-corrected chi connectivity index (χ0v) is 17.3. The SMILES string of the molecule is O=C(O)[C@H](Cc1ccccc1)Nc1ncc(-c2ccccc2F)nc1Cc1ccccc1. The van der Waals surface area contributed by atoms with E-state index in [1.807, 2.05) is 60.7 Å². The maximum absolute atomic E-state index is 14.3. The average molecular weight is 427 g/mol. The maximum atomic E-state index is 14.3. The molecule has 6 heteroatoms. The van der Waals surface area contributed by atoms with Gasteiger partial charge in [0.05, 0.1) is 17.6 Å². The standard InChI is InChI=1S/C26H22FN3O2/c27-21-14-8-7-13-20(21)24-17-28-25(22(29-24)15-18-9-3-1-4-10-18)30-23(26(31)32)16-19-11-5-2-6-12-19/h1-14,17,23H,15-16H2,(H,28,30)(H,31,32)/t23-/m0/s1. The quantitative estimate of drug-likeness (QED) is 0.415. The van der Waals surface area contributed by atoms with Gasteiger partial charge in [0.15, 0.2) is 0 Å². The zero-order valence-electron chi connectivity index (χ0n) is 17.3. The lowest BCUT2D eigenvalue weighted by Crippen LogP contribution is -2.32. The van der Waals surface area contributed by atoms with E-state index in [2.05, 4.69) is 15.3 Å². The van der Waals surface area contributed by atoms with Gasteiger partial charge in [-0.25, -0.2) is 19.2 Å². The molecule has 1 aromatic heterocycles. The molecular formula is C26H22FN3O2. The van der Waals surface area contributed by atoms with Crippen LogP contribution in [-0.2, 0) is 17.6 Å². The Labute approximate surface area is 185 Å². The molecule has 32 heavy (non-hydrogen) atoms. The summed E-state index contributed by atoms with van der Waals surface area (Å²) in [6.07, 6.45) is 2.19. The van der Waals surface area contributed by atoms with Crippen LogP contribution in [0.1, 0.15) is 16.8 Å². The summed E-state index contributed by atoms with van der Waals surface area (Å²) < 4.78 is 14.3. The summed E-state index contributed by atoms with van der Waals surface area (Å²) in [6, 6.07) is 24.6. The molecule has 4 rings (SSSR count). The molecule has 0 aliphatic rings. The summed E-state index contributed by atoms with van der Waals surface area (Å²) in [5, 5.41) is 12.8. The first kappa shape index (κ1) is 21.2. The topological polar surface area (TPSA) is 75.1 Å². The number of anilines is 1. The van der Waals surface area contributed by atoms with Crippen molar-refractivity contribution in [1.82, 2.24) is 9.97 Å². The van der Waals surface area contributed by atoms with Gasteiger partial charge >= 0.3 is 5.97 Å². The first-order chi connectivity index (χ1) is 15.6. The van der Waals surface area contributed by atoms with Crippen molar-refractivity contribution in [3.63, 3.8) is 0 Å². The molecular weight excluding hydrogens is 405 g/mol. The molecule has 0 unspecified atom stereocenters. The van der Waals surface area contributed by atoms with Gasteiger partial charge in [0.25, 0.3) is 0 Å². The molecule has 0 spiro atoms.